The maximum atomic E-state index is 12.0. The van der Waals surface area contributed by atoms with E-state index < -0.39 is 29.4 Å². The lowest BCUT2D eigenvalue weighted by molar-refractivity contribution is -0.168. The van der Waals surface area contributed by atoms with Gasteiger partial charge in [-0.2, -0.15) is 15.0 Å². The van der Waals surface area contributed by atoms with E-state index in [1.54, 1.807) is 0 Å². The predicted molar refractivity (Wildman–Crippen MR) is 63.9 cm³/mol. The maximum Gasteiger partial charge on any atom is 0.329 e. The van der Waals surface area contributed by atoms with Crippen molar-refractivity contribution < 1.29 is 19.8 Å². The summed E-state index contributed by atoms with van der Waals surface area (Å²) >= 11 is 1.30. The fraction of sp³-hybridized carbons (Fsp3) is 0.600. The molecule has 3 heterocycles. The van der Waals surface area contributed by atoms with E-state index in [-0.39, 0.29) is 11.3 Å². The predicted octanol–water partition coefficient (Wildman–Crippen LogP) is -0.858. The van der Waals surface area contributed by atoms with Crippen molar-refractivity contribution in [3.63, 3.8) is 0 Å². The summed E-state index contributed by atoms with van der Waals surface area (Å²) in [6.07, 6.45) is 2.13. The molecule has 19 heavy (non-hydrogen) atoms. The average Bonchev–Trinajstić information content (AvgIpc) is 2.92. The molecule has 0 aliphatic carbocycles. The third-order valence-corrected chi connectivity index (χ3v) is 4.93. The molecule has 0 saturated carbocycles. The topological polar surface area (TPSA) is 109 Å². The second-order valence-corrected chi connectivity index (χ2v) is 5.80. The molecule has 0 radical (unpaired) electrons. The van der Waals surface area contributed by atoms with Gasteiger partial charge in [-0.1, -0.05) is 0 Å². The van der Waals surface area contributed by atoms with Crippen LogP contribution in [0, 0.1) is 5.92 Å². The monoisotopic (exact) mass is 284 g/mol. The summed E-state index contributed by atoms with van der Waals surface area (Å²) in [5.74, 6) is -1.96. The number of amides is 1. The van der Waals surface area contributed by atoms with Gasteiger partial charge in [0.05, 0.1) is 29.8 Å². The third-order valence-electron chi connectivity index (χ3n) is 3.41. The lowest BCUT2D eigenvalue weighted by Crippen LogP contribution is -2.64. The third kappa shape index (κ3) is 1.65. The maximum absolute atomic E-state index is 12.0. The van der Waals surface area contributed by atoms with Crippen molar-refractivity contribution in [3.8, 4) is 0 Å². The fourth-order valence-electron chi connectivity index (χ4n) is 2.53. The first kappa shape index (κ1) is 12.4. The standard InChI is InChI=1S/C10H12N4O4S/c1-4(15)5-7(16)13-6(10(17)18)9(19-8(5)13)14-11-2-3-12-14/h2-6,8-9,15H,1H3,(H,17,18)/t4?,5-,6+,8-,9-/m1/s1. The lowest BCUT2D eigenvalue weighted by atomic mass is 9.91. The smallest absolute Gasteiger partial charge is 0.329 e. The van der Waals surface area contributed by atoms with Crippen molar-refractivity contribution in [2.45, 2.75) is 29.8 Å². The van der Waals surface area contributed by atoms with Crippen molar-refractivity contribution in [3.05, 3.63) is 12.4 Å². The fourth-order valence-corrected chi connectivity index (χ4v) is 4.31. The number of thioether (sulfide) groups is 1. The Balaban J connectivity index is 1.92. The molecule has 102 valence electrons. The van der Waals surface area contributed by atoms with Crippen LogP contribution in [0.4, 0.5) is 0 Å². The van der Waals surface area contributed by atoms with E-state index in [4.69, 9.17) is 0 Å². The Bertz CT molecular complexity index is 520. The number of hydrogen-bond donors (Lipinski definition) is 2. The number of aliphatic hydroxyl groups is 1. The van der Waals surface area contributed by atoms with Gasteiger partial charge in [-0.05, 0) is 6.92 Å². The first-order chi connectivity index (χ1) is 9.02. The number of aliphatic hydroxyl groups excluding tert-OH is 1. The number of nitrogens with zero attached hydrogens (tertiary/aromatic N) is 4. The Labute approximate surface area is 112 Å². The number of rotatable bonds is 3. The summed E-state index contributed by atoms with van der Waals surface area (Å²) in [5.41, 5.74) is 0. The molecule has 5 atom stereocenters. The molecule has 2 aliphatic rings. The molecule has 2 N–H and O–H groups in total. The molecule has 2 fully saturated rings. The van der Waals surface area contributed by atoms with Crippen LogP contribution in [0.5, 0.6) is 0 Å². The highest BCUT2D eigenvalue weighted by molar-refractivity contribution is 8.00. The Morgan fingerprint density at radius 3 is 2.58 bits per heavy atom. The van der Waals surface area contributed by atoms with Gasteiger partial charge in [-0.25, -0.2) is 4.79 Å². The average molecular weight is 284 g/mol. The number of carboxylic acids is 1. The van der Waals surface area contributed by atoms with Crippen LogP contribution in [-0.2, 0) is 9.59 Å². The van der Waals surface area contributed by atoms with Gasteiger partial charge in [-0.15, -0.1) is 11.8 Å². The number of fused-ring (bicyclic) bond motifs is 1. The van der Waals surface area contributed by atoms with Crippen LogP contribution >= 0.6 is 11.8 Å². The van der Waals surface area contributed by atoms with Gasteiger partial charge in [-0.3, -0.25) is 4.79 Å². The second-order valence-electron chi connectivity index (χ2n) is 4.56. The zero-order valence-corrected chi connectivity index (χ0v) is 10.8. The normalized spacial score (nSPS) is 34.8. The van der Waals surface area contributed by atoms with Gasteiger partial charge in [0.25, 0.3) is 0 Å². The van der Waals surface area contributed by atoms with Crippen LogP contribution in [0.1, 0.15) is 12.3 Å². The number of carboxylic acid groups (broad SMARTS) is 1. The summed E-state index contributed by atoms with van der Waals surface area (Å²) in [7, 11) is 0. The molecule has 8 nitrogen and oxygen atoms in total. The first-order valence-electron chi connectivity index (χ1n) is 5.76. The minimum atomic E-state index is -1.09. The van der Waals surface area contributed by atoms with Crippen molar-refractivity contribution in [1.29, 1.82) is 0 Å². The summed E-state index contributed by atoms with van der Waals surface area (Å²) < 4.78 is 0. The molecule has 1 unspecified atom stereocenters. The van der Waals surface area contributed by atoms with Crippen LogP contribution < -0.4 is 0 Å². The summed E-state index contributed by atoms with van der Waals surface area (Å²) in [6, 6.07) is -0.995. The highest BCUT2D eigenvalue weighted by Crippen LogP contribution is 2.52. The molecular formula is C10H12N4O4S. The lowest BCUT2D eigenvalue weighted by Gasteiger charge is -2.44. The van der Waals surface area contributed by atoms with E-state index in [2.05, 4.69) is 10.2 Å². The Hall–Kier alpha value is -1.61. The molecule has 1 amide bonds. The minimum absolute atomic E-state index is 0.324. The Morgan fingerprint density at radius 1 is 1.42 bits per heavy atom. The number of aliphatic carboxylic acids is 1. The van der Waals surface area contributed by atoms with Gasteiger partial charge in [0.2, 0.25) is 5.91 Å². The first-order valence-corrected chi connectivity index (χ1v) is 6.71. The zero-order chi connectivity index (χ0) is 13.7. The summed E-state index contributed by atoms with van der Waals surface area (Å²) in [5, 5.41) is 25.9. The summed E-state index contributed by atoms with van der Waals surface area (Å²) in [4.78, 5) is 25.9. The number of carbonyl (C=O) groups excluding carboxylic acids is 1. The van der Waals surface area contributed by atoms with Crippen LogP contribution in [0.2, 0.25) is 0 Å². The van der Waals surface area contributed by atoms with Crippen molar-refractivity contribution in [2.75, 3.05) is 0 Å². The van der Waals surface area contributed by atoms with Crippen molar-refractivity contribution in [1.82, 2.24) is 19.9 Å². The quantitative estimate of drug-likeness (QED) is 0.695. The van der Waals surface area contributed by atoms with E-state index in [0.29, 0.717) is 0 Å². The second kappa shape index (κ2) is 4.20. The number of β-lactam (4-membered cyclic amide) rings is 1. The SMILES string of the molecule is CC(O)[C@@H]1C(=O)N2[C@@H]1S[C@@H](n1nccn1)[C@H]2C(=O)O. The van der Waals surface area contributed by atoms with Gasteiger partial charge >= 0.3 is 5.97 Å². The van der Waals surface area contributed by atoms with Crippen molar-refractivity contribution in [2.24, 2.45) is 5.92 Å². The molecule has 0 bridgehead atoms. The Kier molecular flexibility index (Phi) is 2.75. The van der Waals surface area contributed by atoms with Crippen molar-refractivity contribution >= 4 is 23.6 Å². The van der Waals surface area contributed by atoms with Gasteiger partial charge < -0.3 is 15.1 Å². The molecule has 3 rings (SSSR count). The van der Waals surface area contributed by atoms with E-state index >= 15 is 0 Å². The molecule has 2 aliphatic heterocycles. The largest absolute Gasteiger partial charge is 0.480 e. The summed E-state index contributed by atoms with van der Waals surface area (Å²) in [6.45, 7) is 1.54. The van der Waals surface area contributed by atoms with Gasteiger partial charge in [0, 0.05) is 0 Å². The van der Waals surface area contributed by atoms with Gasteiger partial charge in [0.1, 0.15) is 5.37 Å². The highest BCUT2D eigenvalue weighted by atomic mass is 32.2. The van der Waals surface area contributed by atoms with Crippen LogP contribution in [0.3, 0.4) is 0 Å². The Morgan fingerprint density at radius 2 is 2.05 bits per heavy atom. The van der Waals surface area contributed by atoms with E-state index in [0.717, 1.165) is 0 Å². The molecule has 1 aromatic rings. The van der Waals surface area contributed by atoms with Crippen LogP contribution in [0.25, 0.3) is 0 Å². The number of carbonyl (C=O) groups is 2. The molecular weight excluding hydrogens is 272 g/mol. The van der Waals surface area contributed by atoms with E-state index in [9.17, 15) is 19.8 Å². The van der Waals surface area contributed by atoms with Gasteiger partial charge in [0.15, 0.2) is 6.04 Å². The number of hydrogen-bond acceptors (Lipinski definition) is 6. The molecule has 9 heteroatoms. The molecule has 2 saturated heterocycles. The minimum Gasteiger partial charge on any atom is -0.480 e. The van der Waals surface area contributed by atoms with E-state index in [1.165, 1.54) is 40.8 Å². The number of aromatic nitrogens is 3. The zero-order valence-electron chi connectivity index (χ0n) is 9.95. The van der Waals surface area contributed by atoms with E-state index in [1.807, 2.05) is 0 Å². The molecule has 0 aromatic carbocycles. The molecule has 1 aromatic heterocycles. The highest BCUT2D eigenvalue weighted by Gasteiger charge is 2.62. The van der Waals surface area contributed by atoms with Crippen LogP contribution in [0.15, 0.2) is 12.4 Å². The van der Waals surface area contributed by atoms with Crippen LogP contribution in [-0.4, -0.2) is 59.5 Å². The molecule has 0 spiro atoms.